The average molecular weight is 391 g/mol. The summed E-state index contributed by atoms with van der Waals surface area (Å²) in [5.41, 5.74) is 4.65. The monoisotopic (exact) mass is 390 g/mol. The van der Waals surface area contributed by atoms with Crippen LogP contribution in [0.2, 0.25) is 0 Å². The van der Waals surface area contributed by atoms with Gasteiger partial charge in [-0.3, -0.25) is 4.98 Å². The topological polar surface area (TPSA) is 33.1 Å². The third-order valence-electron chi connectivity index (χ3n) is 5.12. The highest BCUT2D eigenvalue weighted by Gasteiger charge is 2.41. The van der Waals surface area contributed by atoms with Gasteiger partial charge in [-0.25, -0.2) is 0 Å². The van der Waals surface area contributed by atoms with Crippen molar-refractivity contribution in [3.8, 4) is 5.69 Å². The first-order valence-corrected chi connectivity index (χ1v) is 10.2. The summed E-state index contributed by atoms with van der Waals surface area (Å²) in [6, 6.07) is 19.1. The summed E-state index contributed by atoms with van der Waals surface area (Å²) in [5, 5.41) is 4.33. The minimum atomic E-state index is 0.0194. The number of aryl methyl sites for hydroxylation is 1. The van der Waals surface area contributed by atoms with Crippen molar-refractivity contribution in [3.63, 3.8) is 0 Å². The highest BCUT2D eigenvalue weighted by molar-refractivity contribution is 7.80. The molecule has 1 aliphatic rings. The molecule has 1 aromatic carbocycles. The van der Waals surface area contributed by atoms with Gasteiger partial charge < -0.3 is 14.8 Å². The highest BCUT2D eigenvalue weighted by Crippen LogP contribution is 2.39. The van der Waals surface area contributed by atoms with E-state index >= 15 is 0 Å². The average Bonchev–Trinajstić information content (AvgIpc) is 3.27. The molecule has 2 aromatic heterocycles. The first-order valence-electron chi connectivity index (χ1n) is 9.77. The maximum atomic E-state index is 5.75. The van der Waals surface area contributed by atoms with E-state index in [9.17, 15) is 0 Å². The molecule has 1 aliphatic heterocycles. The molecule has 2 atom stereocenters. The van der Waals surface area contributed by atoms with Gasteiger partial charge in [-0.15, -0.1) is 0 Å². The standard InChI is InChI=1S/C23H26N4S/c1-16(2)15-27-22(21(25-23(27)28)19-10-4-5-12-24-19)20-11-7-13-26(20)18-9-6-8-17(3)14-18/h4-14,16,21-22H,15H2,1-3H3,(H,25,28)/t21-,22+/m1/s1. The maximum absolute atomic E-state index is 5.75. The molecule has 0 amide bonds. The van der Waals surface area contributed by atoms with E-state index < -0.39 is 0 Å². The lowest BCUT2D eigenvalue weighted by atomic mass is 10.0. The summed E-state index contributed by atoms with van der Waals surface area (Å²) >= 11 is 5.75. The number of benzene rings is 1. The van der Waals surface area contributed by atoms with Crippen LogP contribution < -0.4 is 5.32 Å². The Kier molecular flexibility index (Phi) is 5.18. The van der Waals surface area contributed by atoms with E-state index in [2.05, 4.69) is 89.2 Å². The van der Waals surface area contributed by atoms with Crippen LogP contribution in [0, 0.1) is 12.8 Å². The summed E-state index contributed by atoms with van der Waals surface area (Å²) in [6.45, 7) is 7.49. The van der Waals surface area contributed by atoms with E-state index in [1.807, 2.05) is 18.3 Å². The fraction of sp³-hybridized carbons (Fsp3) is 0.304. The SMILES string of the molecule is Cc1cccc(-n2cccc2[C@H]2[C@@H](c3ccccn3)NC(=S)N2CC(C)C)c1. The van der Waals surface area contributed by atoms with Gasteiger partial charge in [-0.1, -0.05) is 32.0 Å². The van der Waals surface area contributed by atoms with Crippen LogP contribution in [0.15, 0.2) is 67.0 Å². The van der Waals surface area contributed by atoms with Crippen LogP contribution in [-0.2, 0) is 0 Å². The van der Waals surface area contributed by atoms with E-state index in [4.69, 9.17) is 12.2 Å². The van der Waals surface area contributed by atoms with E-state index in [1.165, 1.54) is 16.9 Å². The number of hydrogen-bond acceptors (Lipinski definition) is 2. The van der Waals surface area contributed by atoms with Crippen molar-refractivity contribution in [1.29, 1.82) is 0 Å². The molecular weight excluding hydrogens is 364 g/mol. The molecule has 1 fully saturated rings. The number of thiocarbonyl (C=S) groups is 1. The van der Waals surface area contributed by atoms with Crippen LogP contribution in [-0.4, -0.2) is 26.1 Å². The Hall–Kier alpha value is -2.66. The molecule has 28 heavy (non-hydrogen) atoms. The third-order valence-corrected chi connectivity index (χ3v) is 5.48. The molecule has 0 saturated carbocycles. The van der Waals surface area contributed by atoms with E-state index in [0.29, 0.717) is 5.92 Å². The number of hydrogen-bond donors (Lipinski definition) is 1. The Bertz CT molecular complexity index is 963. The van der Waals surface area contributed by atoms with Gasteiger partial charge in [-0.2, -0.15) is 0 Å². The van der Waals surface area contributed by atoms with Crippen molar-refractivity contribution in [2.24, 2.45) is 5.92 Å². The Morgan fingerprint density at radius 3 is 2.68 bits per heavy atom. The van der Waals surface area contributed by atoms with Crippen molar-refractivity contribution >= 4 is 17.3 Å². The van der Waals surface area contributed by atoms with Gasteiger partial charge in [0.05, 0.1) is 17.8 Å². The number of nitrogens with one attached hydrogen (secondary N) is 1. The number of aromatic nitrogens is 2. The van der Waals surface area contributed by atoms with Crippen LogP contribution in [0.1, 0.15) is 42.9 Å². The fourth-order valence-corrected chi connectivity index (χ4v) is 4.28. The van der Waals surface area contributed by atoms with Gasteiger partial charge in [0.25, 0.3) is 0 Å². The molecule has 1 saturated heterocycles. The molecule has 0 spiro atoms. The molecule has 144 valence electrons. The van der Waals surface area contributed by atoms with Crippen LogP contribution in [0.3, 0.4) is 0 Å². The van der Waals surface area contributed by atoms with Crippen LogP contribution >= 0.6 is 12.2 Å². The van der Waals surface area contributed by atoms with Crippen molar-refractivity contribution in [2.75, 3.05) is 6.54 Å². The van der Waals surface area contributed by atoms with Crippen LogP contribution in [0.5, 0.6) is 0 Å². The summed E-state index contributed by atoms with van der Waals surface area (Å²) < 4.78 is 2.27. The molecule has 1 N–H and O–H groups in total. The van der Waals surface area contributed by atoms with Gasteiger partial charge in [0.1, 0.15) is 0 Å². The van der Waals surface area contributed by atoms with Gasteiger partial charge in [-0.05, 0) is 67.0 Å². The molecule has 0 aliphatic carbocycles. The van der Waals surface area contributed by atoms with Crippen LogP contribution in [0.4, 0.5) is 0 Å². The lowest BCUT2D eigenvalue weighted by molar-refractivity contribution is 0.280. The molecule has 5 heteroatoms. The second-order valence-corrected chi connectivity index (χ2v) is 8.20. The molecular formula is C23H26N4S. The first kappa shape index (κ1) is 18.7. The quantitative estimate of drug-likeness (QED) is 0.634. The van der Waals surface area contributed by atoms with E-state index in [1.54, 1.807) is 0 Å². The number of rotatable bonds is 5. The normalized spacial score (nSPS) is 19.3. The summed E-state index contributed by atoms with van der Waals surface area (Å²) in [6.07, 6.45) is 3.98. The molecule has 4 nitrogen and oxygen atoms in total. The van der Waals surface area contributed by atoms with Gasteiger partial charge in [0.15, 0.2) is 5.11 Å². The lowest BCUT2D eigenvalue weighted by Gasteiger charge is -2.30. The van der Waals surface area contributed by atoms with Gasteiger partial charge >= 0.3 is 0 Å². The van der Waals surface area contributed by atoms with E-state index in [-0.39, 0.29) is 12.1 Å². The Morgan fingerprint density at radius 2 is 1.96 bits per heavy atom. The zero-order valence-corrected chi connectivity index (χ0v) is 17.4. The van der Waals surface area contributed by atoms with Crippen molar-refractivity contribution in [3.05, 3.63) is 83.9 Å². The van der Waals surface area contributed by atoms with Crippen molar-refractivity contribution in [2.45, 2.75) is 32.9 Å². The Labute approximate surface area is 172 Å². The largest absolute Gasteiger partial charge is 0.352 e. The number of pyridine rings is 1. The fourth-order valence-electron chi connectivity index (χ4n) is 3.97. The molecule has 4 rings (SSSR count). The Morgan fingerprint density at radius 1 is 1.11 bits per heavy atom. The van der Waals surface area contributed by atoms with Gasteiger partial charge in [0, 0.05) is 30.3 Å². The minimum Gasteiger partial charge on any atom is -0.352 e. The highest BCUT2D eigenvalue weighted by atomic mass is 32.1. The van der Waals surface area contributed by atoms with Crippen molar-refractivity contribution < 1.29 is 0 Å². The second kappa shape index (κ2) is 7.76. The molecule has 0 radical (unpaired) electrons. The minimum absolute atomic E-state index is 0.0194. The predicted molar refractivity (Wildman–Crippen MR) is 118 cm³/mol. The third kappa shape index (κ3) is 3.54. The van der Waals surface area contributed by atoms with E-state index in [0.717, 1.165) is 17.4 Å². The maximum Gasteiger partial charge on any atom is 0.170 e. The Balaban J connectivity index is 1.81. The molecule has 3 heterocycles. The van der Waals surface area contributed by atoms with Crippen molar-refractivity contribution in [1.82, 2.24) is 19.8 Å². The summed E-state index contributed by atoms with van der Waals surface area (Å²) in [5.74, 6) is 0.507. The first-order chi connectivity index (χ1) is 13.5. The predicted octanol–water partition coefficient (Wildman–Crippen LogP) is 4.81. The number of nitrogens with zero attached hydrogens (tertiary/aromatic N) is 3. The molecule has 3 aromatic rings. The zero-order valence-electron chi connectivity index (χ0n) is 16.5. The smallest absolute Gasteiger partial charge is 0.170 e. The van der Waals surface area contributed by atoms with Crippen LogP contribution in [0.25, 0.3) is 5.69 Å². The second-order valence-electron chi connectivity index (χ2n) is 7.81. The summed E-state index contributed by atoms with van der Waals surface area (Å²) in [4.78, 5) is 6.95. The zero-order chi connectivity index (χ0) is 19.7. The molecule has 0 bridgehead atoms. The summed E-state index contributed by atoms with van der Waals surface area (Å²) in [7, 11) is 0. The van der Waals surface area contributed by atoms with Gasteiger partial charge in [0.2, 0.25) is 0 Å². The molecule has 0 unspecified atom stereocenters. The lowest BCUT2D eigenvalue weighted by Crippen LogP contribution is -2.33.